The number of urea groups is 1. The quantitative estimate of drug-likeness (QED) is 0.556. The van der Waals surface area contributed by atoms with Crippen LogP contribution in [0.15, 0.2) is 50.8 Å². The maximum absolute atomic E-state index is 12.1. The number of hydrogen-bond acceptors (Lipinski definition) is 7. The molecule has 0 spiro atoms. The zero-order chi connectivity index (χ0) is 19.9. The molecule has 3 amide bonds. The number of thioether (sulfide) groups is 1. The molecule has 0 radical (unpaired) electrons. The fraction of sp³-hybridized carbons (Fsp3) is 0.333. The molecule has 0 unspecified atom stereocenters. The van der Waals surface area contributed by atoms with Gasteiger partial charge < -0.3 is 14.2 Å². The molecule has 148 valence electrons. The van der Waals surface area contributed by atoms with Crippen molar-refractivity contribution in [3.05, 3.63) is 42.6 Å². The van der Waals surface area contributed by atoms with E-state index in [9.17, 15) is 9.59 Å². The van der Waals surface area contributed by atoms with E-state index in [1.807, 2.05) is 10.6 Å². The highest BCUT2D eigenvalue weighted by Gasteiger charge is 2.18. The maximum atomic E-state index is 12.1. The Labute approximate surface area is 165 Å². The minimum Gasteiger partial charge on any atom is -0.467 e. The van der Waals surface area contributed by atoms with E-state index >= 15 is 0 Å². The number of furan rings is 2. The number of amides is 3. The maximum Gasteiger partial charge on any atom is 0.321 e. The van der Waals surface area contributed by atoms with E-state index in [0.717, 1.165) is 0 Å². The van der Waals surface area contributed by atoms with Crippen molar-refractivity contribution in [3.8, 4) is 11.6 Å². The first kappa shape index (κ1) is 19.7. The van der Waals surface area contributed by atoms with Gasteiger partial charge in [0.15, 0.2) is 16.7 Å². The van der Waals surface area contributed by atoms with E-state index in [1.54, 1.807) is 24.5 Å². The van der Waals surface area contributed by atoms with Crippen LogP contribution < -0.4 is 10.6 Å². The first-order valence-corrected chi connectivity index (χ1v) is 9.71. The lowest BCUT2D eigenvalue weighted by Crippen LogP contribution is -2.39. The molecular weight excluding hydrogens is 382 g/mol. The average Bonchev–Trinajstić information content (AvgIpc) is 3.40. The fourth-order valence-corrected chi connectivity index (χ4v) is 3.18. The topological polar surface area (TPSA) is 115 Å². The first-order valence-electron chi connectivity index (χ1n) is 8.73. The van der Waals surface area contributed by atoms with Crippen LogP contribution in [0.3, 0.4) is 0 Å². The molecule has 0 atom stereocenters. The number of hydrogen-bond donors (Lipinski definition) is 2. The fourth-order valence-electron chi connectivity index (χ4n) is 2.43. The Morgan fingerprint density at radius 2 is 1.96 bits per heavy atom. The Bertz CT molecular complexity index is 903. The largest absolute Gasteiger partial charge is 0.467 e. The van der Waals surface area contributed by atoms with Gasteiger partial charge in [0, 0.05) is 6.54 Å². The molecular formula is C18H21N5O4S. The highest BCUT2D eigenvalue weighted by molar-refractivity contribution is 7.99. The number of carbonyl (C=O) groups excluding carboxylic acids is 2. The first-order chi connectivity index (χ1) is 13.5. The summed E-state index contributed by atoms with van der Waals surface area (Å²) in [4.78, 5) is 23.9. The Balaban J connectivity index is 1.56. The molecule has 28 heavy (non-hydrogen) atoms. The Kier molecular flexibility index (Phi) is 6.53. The molecule has 3 heterocycles. The molecule has 3 aromatic heterocycles. The molecule has 0 aromatic carbocycles. The lowest BCUT2D eigenvalue weighted by molar-refractivity contribution is -0.117. The number of nitrogens with one attached hydrogen (secondary N) is 2. The van der Waals surface area contributed by atoms with Crippen LogP contribution in [0.4, 0.5) is 4.79 Å². The summed E-state index contributed by atoms with van der Waals surface area (Å²) in [5.74, 6) is 1.78. The second kappa shape index (κ2) is 9.27. The van der Waals surface area contributed by atoms with Crippen molar-refractivity contribution in [2.45, 2.75) is 32.1 Å². The van der Waals surface area contributed by atoms with Crippen molar-refractivity contribution < 1.29 is 18.4 Å². The monoisotopic (exact) mass is 403 g/mol. The van der Waals surface area contributed by atoms with Gasteiger partial charge in [-0.2, -0.15) is 0 Å². The van der Waals surface area contributed by atoms with Crippen LogP contribution in [0.2, 0.25) is 0 Å². The van der Waals surface area contributed by atoms with Gasteiger partial charge in [-0.25, -0.2) is 4.79 Å². The third-order valence-corrected chi connectivity index (χ3v) is 4.56. The summed E-state index contributed by atoms with van der Waals surface area (Å²) in [6.07, 6.45) is 3.09. The number of aromatic nitrogens is 3. The summed E-state index contributed by atoms with van der Waals surface area (Å²) in [6, 6.07) is 6.47. The highest BCUT2D eigenvalue weighted by atomic mass is 32.2. The molecule has 3 rings (SSSR count). The molecule has 0 aliphatic rings. The summed E-state index contributed by atoms with van der Waals surface area (Å²) in [7, 11) is 0. The van der Waals surface area contributed by atoms with Gasteiger partial charge in [0.1, 0.15) is 5.76 Å². The van der Waals surface area contributed by atoms with Crippen LogP contribution in [0.5, 0.6) is 0 Å². The van der Waals surface area contributed by atoms with Crippen molar-refractivity contribution in [1.29, 1.82) is 0 Å². The number of carbonyl (C=O) groups is 2. The molecule has 0 bridgehead atoms. The van der Waals surface area contributed by atoms with Crippen LogP contribution in [-0.4, -0.2) is 32.5 Å². The molecule has 0 fully saturated rings. The summed E-state index contributed by atoms with van der Waals surface area (Å²) in [5.41, 5.74) is 0. The van der Waals surface area contributed by atoms with E-state index in [4.69, 9.17) is 8.83 Å². The van der Waals surface area contributed by atoms with Gasteiger partial charge in [0.25, 0.3) is 0 Å². The van der Waals surface area contributed by atoms with E-state index < -0.39 is 11.9 Å². The molecule has 2 N–H and O–H groups in total. The summed E-state index contributed by atoms with van der Waals surface area (Å²) >= 11 is 1.21. The summed E-state index contributed by atoms with van der Waals surface area (Å²) < 4.78 is 12.4. The standard InChI is InChI=1S/C18H21N5O4S/c1-12(2)10-23-16(14-6-4-8-27-14)21-22-18(23)28-11-15(24)20-17(25)19-9-13-5-3-7-26-13/h3-8,12H,9-11H2,1-2H3,(H2,19,20,24,25). The van der Waals surface area contributed by atoms with Crippen LogP contribution in [0.25, 0.3) is 11.6 Å². The number of imide groups is 1. The van der Waals surface area contributed by atoms with Crippen molar-refractivity contribution in [2.75, 3.05) is 5.75 Å². The van der Waals surface area contributed by atoms with Crippen molar-refractivity contribution in [2.24, 2.45) is 5.92 Å². The third kappa shape index (κ3) is 5.26. The highest BCUT2D eigenvalue weighted by Crippen LogP contribution is 2.25. The Morgan fingerprint density at radius 1 is 1.18 bits per heavy atom. The minimum absolute atomic E-state index is 0.0303. The van der Waals surface area contributed by atoms with Gasteiger partial charge in [-0.15, -0.1) is 10.2 Å². The summed E-state index contributed by atoms with van der Waals surface area (Å²) in [5, 5.41) is 13.8. The summed E-state index contributed by atoms with van der Waals surface area (Å²) in [6.45, 7) is 5.04. The van der Waals surface area contributed by atoms with E-state index in [2.05, 4.69) is 34.7 Å². The van der Waals surface area contributed by atoms with E-state index in [1.165, 1.54) is 18.0 Å². The smallest absolute Gasteiger partial charge is 0.321 e. The zero-order valence-electron chi connectivity index (χ0n) is 15.5. The van der Waals surface area contributed by atoms with Crippen LogP contribution in [-0.2, 0) is 17.9 Å². The third-order valence-electron chi connectivity index (χ3n) is 3.59. The molecule has 0 saturated heterocycles. The van der Waals surface area contributed by atoms with Crippen LogP contribution in [0, 0.1) is 5.92 Å². The van der Waals surface area contributed by atoms with Crippen molar-refractivity contribution in [3.63, 3.8) is 0 Å². The van der Waals surface area contributed by atoms with E-state index in [0.29, 0.717) is 35.0 Å². The van der Waals surface area contributed by atoms with Crippen LogP contribution in [0.1, 0.15) is 19.6 Å². The molecule has 9 nitrogen and oxygen atoms in total. The predicted octanol–water partition coefficient (Wildman–Crippen LogP) is 2.91. The Hall–Kier alpha value is -3.01. The van der Waals surface area contributed by atoms with Crippen LogP contribution >= 0.6 is 11.8 Å². The Morgan fingerprint density at radius 3 is 2.64 bits per heavy atom. The van der Waals surface area contributed by atoms with Crippen molar-refractivity contribution >= 4 is 23.7 Å². The number of nitrogens with zero attached hydrogens (tertiary/aromatic N) is 3. The van der Waals surface area contributed by atoms with Gasteiger partial charge in [-0.05, 0) is 30.2 Å². The lowest BCUT2D eigenvalue weighted by atomic mass is 10.2. The predicted molar refractivity (Wildman–Crippen MR) is 102 cm³/mol. The van der Waals surface area contributed by atoms with Gasteiger partial charge >= 0.3 is 6.03 Å². The van der Waals surface area contributed by atoms with Gasteiger partial charge in [-0.3, -0.25) is 14.7 Å². The average molecular weight is 403 g/mol. The van der Waals surface area contributed by atoms with E-state index in [-0.39, 0.29) is 12.3 Å². The molecule has 0 aliphatic heterocycles. The minimum atomic E-state index is -0.582. The van der Waals surface area contributed by atoms with Crippen molar-refractivity contribution in [1.82, 2.24) is 25.4 Å². The van der Waals surface area contributed by atoms with Gasteiger partial charge in [0.05, 0.1) is 24.8 Å². The number of rotatable bonds is 8. The molecule has 10 heteroatoms. The molecule has 0 aliphatic carbocycles. The SMILES string of the molecule is CC(C)Cn1c(SCC(=O)NC(=O)NCc2ccco2)nnc1-c1ccco1. The lowest BCUT2D eigenvalue weighted by Gasteiger charge is -2.11. The molecule has 3 aromatic rings. The molecule has 0 saturated carbocycles. The van der Waals surface area contributed by atoms with Gasteiger partial charge in [0.2, 0.25) is 5.91 Å². The normalized spacial score (nSPS) is 11.0. The van der Waals surface area contributed by atoms with Gasteiger partial charge in [-0.1, -0.05) is 25.6 Å². The second-order valence-electron chi connectivity index (χ2n) is 6.39. The second-order valence-corrected chi connectivity index (χ2v) is 7.33. The zero-order valence-corrected chi connectivity index (χ0v) is 16.4.